The fourth-order valence-electron chi connectivity index (χ4n) is 1.24. The minimum absolute atomic E-state index is 0.103. The Balaban J connectivity index is 1.92. The molecule has 1 aromatic heterocycles. The van der Waals surface area contributed by atoms with E-state index in [1.54, 1.807) is 12.3 Å². The Morgan fingerprint density at radius 3 is 3.08 bits per heavy atom. The Labute approximate surface area is 70.4 Å². The predicted molar refractivity (Wildman–Crippen MR) is 44.5 cm³/mol. The SMILES string of the molecule is C[C@@H]1C[C@H]1C(=O)Nc1ccn[nH]1. The van der Waals surface area contributed by atoms with Crippen LogP contribution in [0.25, 0.3) is 0 Å². The molecule has 0 aliphatic heterocycles. The first kappa shape index (κ1) is 7.34. The van der Waals surface area contributed by atoms with Crippen LogP contribution >= 0.6 is 0 Å². The van der Waals surface area contributed by atoms with Gasteiger partial charge in [-0.1, -0.05) is 6.92 Å². The van der Waals surface area contributed by atoms with Gasteiger partial charge >= 0.3 is 0 Å². The average molecular weight is 165 g/mol. The van der Waals surface area contributed by atoms with Gasteiger partial charge in [0.2, 0.25) is 5.91 Å². The number of carbonyl (C=O) groups excluding carboxylic acids is 1. The molecule has 0 bridgehead atoms. The number of hydrogen-bond donors (Lipinski definition) is 2. The van der Waals surface area contributed by atoms with Crippen LogP contribution in [-0.2, 0) is 4.79 Å². The first-order chi connectivity index (χ1) is 5.77. The highest BCUT2D eigenvalue weighted by Gasteiger charge is 2.39. The lowest BCUT2D eigenvalue weighted by Crippen LogP contribution is -2.14. The number of hydrogen-bond acceptors (Lipinski definition) is 2. The Kier molecular flexibility index (Phi) is 1.60. The minimum Gasteiger partial charge on any atom is -0.311 e. The molecule has 1 saturated carbocycles. The van der Waals surface area contributed by atoms with E-state index in [-0.39, 0.29) is 11.8 Å². The number of nitrogens with zero attached hydrogens (tertiary/aromatic N) is 1. The van der Waals surface area contributed by atoms with Gasteiger partial charge in [-0.2, -0.15) is 5.10 Å². The fourth-order valence-corrected chi connectivity index (χ4v) is 1.24. The molecule has 0 radical (unpaired) electrons. The lowest BCUT2D eigenvalue weighted by Gasteiger charge is -1.98. The molecule has 0 unspecified atom stereocenters. The number of aromatic nitrogens is 2. The zero-order valence-electron chi connectivity index (χ0n) is 6.87. The van der Waals surface area contributed by atoms with Crippen molar-refractivity contribution in [2.75, 3.05) is 5.32 Å². The van der Waals surface area contributed by atoms with Crippen LogP contribution < -0.4 is 5.32 Å². The van der Waals surface area contributed by atoms with E-state index in [9.17, 15) is 4.79 Å². The summed E-state index contributed by atoms with van der Waals surface area (Å²) < 4.78 is 0. The van der Waals surface area contributed by atoms with Gasteiger partial charge in [0.15, 0.2) is 0 Å². The highest BCUT2D eigenvalue weighted by Crippen LogP contribution is 2.38. The van der Waals surface area contributed by atoms with Crippen molar-refractivity contribution in [3.8, 4) is 0 Å². The van der Waals surface area contributed by atoms with E-state index >= 15 is 0 Å². The van der Waals surface area contributed by atoms with Crippen LogP contribution in [0.15, 0.2) is 12.3 Å². The molecule has 2 rings (SSSR count). The van der Waals surface area contributed by atoms with Crippen LogP contribution in [0, 0.1) is 11.8 Å². The normalized spacial score (nSPS) is 26.8. The van der Waals surface area contributed by atoms with Crippen LogP contribution in [0.4, 0.5) is 5.82 Å². The summed E-state index contributed by atoms with van der Waals surface area (Å²) in [5.41, 5.74) is 0. The average Bonchev–Trinajstić information content (AvgIpc) is 2.58. The van der Waals surface area contributed by atoms with Gasteiger partial charge < -0.3 is 5.32 Å². The van der Waals surface area contributed by atoms with Crippen molar-refractivity contribution in [2.45, 2.75) is 13.3 Å². The zero-order valence-corrected chi connectivity index (χ0v) is 6.87. The van der Waals surface area contributed by atoms with E-state index in [1.807, 2.05) is 0 Å². The van der Waals surface area contributed by atoms with Gasteiger partial charge in [-0.3, -0.25) is 9.89 Å². The van der Waals surface area contributed by atoms with Crippen LogP contribution in [0.1, 0.15) is 13.3 Å². The lowest BCUT2D eigenvalue weighted by atomic mass is 10.3. The van der Waals surface area contributed by atoms with Crippen LogP contribution in [0.2, 0.25) is 0 Å². The molecule has 4 nitrogen and oxygen atoms in total. The molecule has 1 aromatic rings. The Morgan fingerprint density at radius 2 is 2.58 bits per heavy atom. The summed E-state index contributed by atoms with van der Waals surface area (Å²) in [4.78, 5) is 11.3. The molecule has 1 aliphatic rings. The molecule has 0 saturated heterocycles. The van der Waals surface area contributed by atoms with E-state index in [2.05, 4.69) is 22.4 Å². The molecule has 64 valence electrons. The maximum absolute atomic E-state index is 11.3. The summed E-state index contributed by atoms with van der Waals surface area (Å²) >= 11 is 0. The molecule has 1 amide bonds. The molecule has 0 aromatic carbocycles. The molecule has 2 atom stereocenters. The van der Waals surface area contributed by atoms with Gasteiger partial charge in [-0.25, -0.2) is 0 Å². The van der Waals surface area contributed by atoms with E-state index in [1.165, 1.54) is 0 Å². The highest BCUT2D eigenvalue weighted by molar-refractivity contribution is 5.93. The van der Waals surface area contributed by atoms with Crippen molar-refractivity contribution < 1.29 is 4.79 Å². The van der Waals surface area contributed by atoms with Gasteiger partial charge in [0.1, 0.15) is 5.82 Å². The van der Waals surface area contributed by atoms with E-state index < -0.39 is 0 Å². The smallest absolute Gasteiger partial charge is 0.228 e. The van der Waals surface area contributed by atoms with Crippen LogP contribution in [0.3, 0.4) is 0 Å². The maximum atomic E-state index is 11.3. The fraction of sp³-hybridized carbons (Fsp3) is 0.500. The summed E-state index contributed by atoms with van der Waals surface area (Å²) in [5.74, 6) is 1.55. The number of rotatable bonds is 2. The first-order valence-electron chi connectivity index (χ1n) is 4.07. The van der Waals surface area contributed by atoms with Gasteiger partial charge in [0.25, 0.3) is 0 Å². The lowest BCUT2D eigenvalue weighted by molar-refractivity contribution is -0.117. The molecule has 1 fully saturated rings. The second-order valence-corrected chi connectivity index (χ2v) is 3.28. The van der Waals surface area contributed by atoms with Crippen LogP contribution in [0.5, 0.6) is 0 Å². The number of carbonyl (C=O) groups is 1. The molecular weight excluding hydrogens is 154 g/mol. The van der Waals surface area contributed by atoms with Crippen LogP contribution in [-0.4, -0.2) is 16.1 Å². The van der Waals surface area contributed by atoms with Gasteiger partial charge in [0.05, 0.1) is 6.20 Å². The molecule has 4 heteroatoms. The van der Waals surface area contributed by atoms with Crippen molar-refractivity contribution in [3.05, 3.63) is 12.3 Å². The number of H-pyrrole nitrogens is 1. The highest BCUT2D eigenvalue weighted by atomic mass is 16.2. The number of amides is 1. The summed E-state index contributed by atoms with van der Waals surface area (Å²) in [5, 5.41) is 9.18. The van der Waals surface area contributed by atoms with Crippen molar-refractivity contribution in [1.82, 2.24) is 10.2 Å². The number of anilines is 1. The minimum atomic E-state index is 0.103. The maximum Gasteiger partial charge on any atom is 0.228 e. The molecule has 1 heterocycles. The Bertz CT molecular complexity index is 281. The van der Waals surface area contributed by atoms with Gasteiger partial charge in [-0.05, 0) is 12.3 Å². The Morgan fingerprint density at radius 1 is 1.83 bits per heavy atom. The third-order valence-corrected chi connectivity index (χ3v) is 2.20. The van der Waals surface area contributed by atoms with E-state index in [4.69, 9.17) is 0 Å². The largest absolute Gasteiger partial charge is 0.311 e. The number of aromatic amines is 1. The summed E-state index contributed by atoms with van der Waals surface area (Å²) in [6.45, 7) is 2.08. The zero-order chi connectivity index (χ0) is 8.55. The second-order valence-electron chi connectivity index (χ2n) is 3.28. The monoisotopic (exact) mass is 165 g/mol. The molecule has 2 N–H and O–H groups in total. The van der Waals surface area contributed by atoms with Gasteiger partial charge in [0, 0.05) is 12.0 Å². The van der Waals surface area contributed by atoms with Gasteiger partial charge in [-0.15, -0.1) is 0 Å². The second kappa shape index (κ2) is 2.62. The third kappa shape index (κ3) is 1.32. The summed E-state index contributed by atoms with van der Waals surface area (Å²) in [6.07, 6.45) is 2.63. The quantitative estimate of drug-likeness (QED) is 0.687. The summed E-state index contributed by atoms with van der Waals surface area (Å²) in [7, 11) is 0. The standard InChI is InChI=1S/C8H11N3O/c1-5-4-6(5)8(12)10-7-2-3-9-11-7/h2-3,5-6H,4H2,1H3,(H2,9,10,11,12)/t5-,6-/m1/s1. The van der Waals surface area contributed by atoms with Crippen molar-refractivity contribution in [2.24, 2.45) is 11.8 Å². The van der Waals surface area contributed by atoms with Crippen molar-refractivity contribution in [1.29, 1.82) is 0 Å². The topological polar surface area (TPSA) is 57.8 Å². The van der Waals surface area contributed by atoms with Crippen molar-refractivity contribution in [3.63, 3.8) is 0 Å². The predicted octanol–water partition coefficient (Wildman–Crippen LogP) is 1.00. The molecular formula is C8H11N3O. The molecule has 1 aliphatic carbocycles. The summed E-state index contributed by atoms with van der Waals surface area (Å²) in [6, 6.07) is 1.74. The number of nitrogens with one attached hydrogen (secondary N) is 2. The molecule has 12 heavy (non-hydrogen) atoms. The van der Waals surface area contributed by atoms with E-state index in [0.29, 0.717) is 11.7 Å². The Hall–Kier alpha value is -1.32. The third-order valence-electron chi connectivity index (χ3n) is 2.20. The molecule has 0 spiro atoms. The first-order valence-corrected chi connectivity index (χ1v) is 4.07. The van der Waals surface area contributed by atoms with E-state index in [0.717, 1.165) is 6.42 Å². The van der Waals surface area contributed by atoms with Crippen molar-refractivity contribution >= 4 is 11.7 Å².